The van der Waals surface area contributed by atoms with E-state index in [9.17, 15) is 9.59 Å². The van der Waals surface area contributed by atoms with Gasteiger partial charge in [0.1, 0.15) is 5.52 Å². The minimum absolute atomic E-state index is 0.000183. The van der Waals surface area contributed by atoms with Crippen molar-refractivity contribution in [2.75, 3.05) is 13.1 Å². The van der Waals surface area contributed by atoms with Gasteiger partial charge in [-0.1, -0.05) is 0 Å². The molecule has 0 bridgehead atoms. The Hall–Kier alpha value is -3.39. The number of nitrogens with one attached hydrogen (secondary N) is 2. The Morgan fingerprint density at radius 2 is 1.86 bits per heavy atom. The molecular formula is C21H20N6O2. The fourth-order valence-corrected chi connectivity index (χ4v) is 3.98. The molecular weight excluding hydrogens is 368 g/mol. The molecule has 4 aromatic rings. The second kappa shape index (κ2) is 6.89. The lowest BCUT2D eigenvalue weighted by atomic mass is 10.1. The first-order valence-electron chi connectivity index (χ1n) is 9.70. The van der Waals surface area contributed by atoms with E-state index < -0.39 is 11.2 Å². The van der Waals surface area contributed by atoms with Gasteiger partial charge in [-0.25, -0.2) is 9.78 Å². The Morgan fingerprint density at radius 1 is 1.03 bits per heavy atom. The van der Waals surface area contributed by atoms with Gasteiger partial charge in [-0.15, -0.1) is 0 Å². The first-order valence-corrected chi connectivity index (χ1v) is 9.70. The largest absolute Gasteiger partial charge is 0.329 e. The zero-order valence-corrected chi connectivity index (χ0v) is 16.0. The number of H-pyrrole nitrogens is 1. The van der Waals surface area contributed by atoms with Crippen LogP contribution in [0.1, 0.15) is 24.6 Å². The molecule has 0 aromatic carbocycles. The summed E-state index contributed by atoms with van der Waals surface area (Å²) in [5.74, 6) is 0. The zero-order valence-electron chi connectivity index (χ0n) is 16.0. The van der Waals surface area contributed by atoms with Crippen molar-refractivity contribution in [3.63, 3.8) is 0 Å². The first kappa shape index (κ1) is 17.7. The van der Waals surface area contributed by atoms with E-state index in [1.807, 2.05) is 31.2 Å². The van der Waals surface area contributed by atoms with Crippen LogP contribution in [-0.4, -0.2) is 37.6 Å². The molecule has 0 amide bonds. The van der Waals surface area contributed by atoms with Gasteiger partial charge >= 0.3 is 5.69 Å². The highest BCUT2D eigenvalue weighted by molar-refractivity contribution is 6.01. The molecule has 1 aliphatic heterocycles. The summed E-state index contributed by atoms with van der Waals surface area (Å²) in [5, 5.41) is 3.69. The summed E-state index contributed by atoms with van der Waals surface area (Å²) in [7, 11) is 0. The summed E-state index contributed by atoms with van der Waals surface area (Å²) >= 11 is 0. The van der Waals surface area contributed by atoms with E-state index in [0.29, 0.717) is 21.9 Å². The molecule has 1 fully saturated rings. The Kier molecular flexibility index (Phi) is 4.21. The molecule has 146 valence electrons. The van der Waals surface area contributed by atoms with Crippen LogP contribution in [0.5, 0.6) is 0 Å². The van der Waals surface area contributed by atoms with Gasteiger partial charge in [0.25, 0.3) is 5.56 Å². The lowest BCUT2D eigenvalue weighted by Gasteiger charge is -2.26. The molecule has 5 rings (SSSR count). The van der Waals surface area contributed by atoms with Gasteiger partial charge in [0.05, 0.1) is 22.1 Å². The van der Waals surface area contributed by atoms with Crippen molar-refractivity contribution in [3.05, 3.63) is 63.2 Å². The Morgan fingerprint density at radius 3 is 2.62 bits per heavy atom. The van der Waals surface area contributed by atoms with Crippen molar-refractivity contribution in [2.24, 2.45) is 0 Å². The maximum atomic E-state index is 12.8. The van der Waals surface area contributed by atoms with Crippen molar-refractivity contribution < 1.29 is 0 Å². The van der Waals surface area contributed by atoms with Gasteiger partial charge in [0, 0.05) is 29.7 Å². The van der Waals surface area contributed by atoms with Crippen LogP contribution in [0.3, 0.4) is 0 Å². The van der Waals surface area contributed by atoms with Crippen LogP contribution in [0.2, 0.25) is 0 Å². The number of piperidine rings is 1. The summed E-state index contributed by atoms with van der Waals surface area (Å²) in [6.07, 6.45) is 4.93. The molecule has 1 aliphatic rings. The molecule has 0 unspecified atom stereocenters. The van der Waals surface area contributed by atoms with Gasteiger partial charge < -0.3 is 5.32 Å². The van der Waals surface area contributed by atoms with Gasteiger partial charge in [-0.05, 0) is 57.1 Å². The first-order chi connectivity index (χ1) is 14.1. The minimum Gasteiger partial charge on any atom is -0.317 e. The Balaban J connectivity index is 1.84. The summed E-state index contributed by atoms with van der Waals surface area (Å²) in [6, 6.07) is 7.64. The van der Waals surface area contributed by atoms with E-state index in [2.05, 4.69) is 20.3 Å². The standard InChI is InChI=1S/C21H20N6O2/c1-12-2-3-13(10-23-12)16-4-5-17-18(25-16)19-15(11-24-17)20(28)26-21(29)27(19)14-6-8-22-9-7-14/h2-5,10-11,14,22H,6-9H2,1H3,(H,26,28,29). The third kappa shape index (κ3) is 3.01. The maximum Gasteiger partial charge on any atom is 0.329 e. The van der Waals surface area contributed by atoms with Gasteiger partial charge in [-0.3, -0.25) is 24.3 Å². The Bertz CT molecular complexity index is 1330. The van der Waals surface area contributed by atoms with Crippen molar-refractivity contribution in [1.29, 1.82) is 0 Å². The van der Waals surface area contributed by atoms with Gasteiger partial charge in [0.15, 0.2) is 0 Å². The number of hydrogen-bond donors (Lipinski definition) is 2. The molecule has 2 N–H and O–H groups in total. The monoisotopic (exact) mass is 388 g/mol. The summed E-state index contributed by atoms with van der Waals surface area (Å²) in [5.41, 5.74) is 3.45. The number of aromatic nitrogens is 5. The second-order valence-corrected chi connectivity index (χ2v) is 7.38. The van der Waals surface area contributed by atoms with Crippen molar-refractivity contribution in [1.82, 2.24) is 29.8 Å². The van der Waals surface area contributed by atoms with E-state index in [1.165, 1.54) is 6.20 Å². The number of nitrogens with zero attached hydrogens (tertiary/aromatic N) is 4. The number of fused-ring (bicyclic) bond motifs is 3. The molecule has 4 aromatic heterocycles. The number of rotatable bonds is 2. The smallest absolute Gasteiger partial charge is 0.317 e. The van der Waals surface area contributed by atoms with Gasteiger partial charge in [-0.2, -0.15) is 0 Å². The average molecular weight is 388 g/mol. The highest BCUT2D eigenvalue weighted by Gasteiger charge is 2.22. The van der Waals surface area contributed by atoms with Crippen molar-refractivity contribution in [2.45, 2.75) is 25.8 Å². The Labute approximate surface area is 165 Å². The molecule has 0 saturated carbocycles. The fourth-order valence-electron chi connectivity index (χ4n) is 3.98. The molecule has 29 heavy (non-hydrogen) atoms. The van der Waals surface area contributed by atoms with Crippen LogP contribution in [0.4, 0.5) is 0 Å². The third-order valence-electron chi connectivity index (χ3n) is 5.49. The predicted octanol–water partition coefficient (Wildman–Crippen LogP) is 1.93. The summed E-state index contributed by atoms with van der Waals surface area (Å²) in [6.45, 7) is 3.59. The molecule has 8 nitrogen and oxygen atoms in total. The number of pyridine rings is 3. The van der Waals surface area contributed by atoms with E-state index >= 15 is 0 Å². The van der Waals surface area contributed by atoms with Gasteiger partial charge in [0.2, 0.25) is 0 Å². The molecule has 0 aliphatic carbocycles. The lowest BCUT2D eigenvalue weighted by molar-refractivity contribution is 0.365. The highest BCUT2D eigenvalue weighted by Crippen LogP contribution is 2.27. The number of hydrogen-bond acceptors (Lipinski definition) is 6. The van der Waals surface area contributed by atoms with Crippen LogP contribution in [0, 0.1) is 6.92 Å². The van der Waals surface area contributed by atoms with Crippen LogP contribution < -0.4 is 16.6 Å². The van der Waals surface area contributed by atoms with E-state index in [1.54, 1.807) is 10.8 Å². The average Bonchev–Trinajstić information content (AvgIpc) is 2.74. The molecule has 8 heteroatoms. The topological polar surface area (TPSA) is 106 Å². The highest BCUT2D eigenvalue weighted by atomic mass is 16.2. The van der Waals surface area contributed by atoms with Crippen LogP contribution in [-0.2, 0) is 0 Å². The number of aromatic amines is 1. The molecule has 5 heterocycles. The maximum absolute atomic E-state index is 12.8. The van der Waals surface area contributed by atoms with E-state index in [-0.39, 0.29) is 6.04 Å². The number of aryl methyl sites for hydroxylation is 1. The SMILES string of the molecule is Cc1ccc(-c2ccc3ncc4c(=O)[nH]c(=O)n(C5CCNCC5)c4c3n2)cn1. The van der Waals surface area contributed by atoms with Crippen LogP contribution >= 0.6 is 0 Å². The zero-order chi connectivity index (χ0) is 20.0. The molecule has 0 spiro atoms. The van der Waals surface area contributed by atoms with Crippen molar-refractivity contribution >= 4 is 21.9 Å². The summed E-state index contributed by atoms with van der Waals surface area (Å²) in [4.78, 5) is 41.3. The summed E-state index contributed by atoms with van der Waals surface area (Å²) < 4.78 is 1.70. The second-order valence-electron chi connectivity index (χ2n) is 7.38. The normalized spacial score (nSPS) is 15.2. The van der Waals surface area contributed by atoms with Crippen molar-refractivity contribution in [3.8, 4) is 11.3 Å². The quantitative estimate of drug-likeness (QED) is 0.508. The third-order valence-corrected chi connectivity index (χ3v) is 5.49. The minimum atomic E-state index is -0.436. The van der Waals surface area contributed by atoms with Crippen LogP contribution in [0.15, 0.2) is 46.2 Å². The lowest BCUT2D eigenvalue weighted by Crippen LogP contribution is -2.38. The molecule has 0 atom stereocenters. The van der Waals surface area contributed by atoms with Crippen LogP contribution in [0.25, 0.3) is 33.2 Å². The molecule has 0 radical (unpaired) electrons. The fraction of sp³-hybridized carbons (Fsp3) is 0.286. The van der Waals surface area contributed by atoms with E-state index in [4.69, 9.17) is 4.98 Å². The van der Waals surface area contributed by atoms with E-state index in [0.717, 1.165) is 42.9 Å². The molecule has 1 saturated heterocycles. The predicted molar refractivity (Wildman–Crippen MR) is 111 cm³/mol.